The fraction of sp³-hybridized carbons (Fsp3) is 0.0682. The Balaban J connectivity index is 1.13. The third-order valence-corrected chi connectivity index (χ3v) is 10.1. The molecule has 48 heavy (non-hydrogen) atoms. The van der Waals surface area contributed by atoms with Gasteiger partial charge in [-0.1, -0.05) is 86.6 Å². The van der Waals surface area contributed by atoms with Crippen molar-refractivity contribution in [3.63, 3.8) is 0 Å². The summed E-state index contributed by atoms with van der Waals surface area (Å²) in [5.74, 6) is 0.647. The summed E-state index contributed by atoms with van der Waals surface area (Å²) in [4.78, 5) is 7.19. The number of anilines is 3. The highest BCUT2D eigenvalue weighted by Crippen LogP contribution is 2.53. The topological polar surface area (TPSA) is 42.4 Å². The molecule has 4 heteroatoms. The van der Waals surface area contributed by atoms with Gasteiger partial charge in [-0.2, -0.15) is 0 Å². The third-order valence-electron chi connectivity index (χ3n) is 10.1. The molecule has 4 nitrogen and oxygen atoms in total. The van der Waals surface area contributed by atoms with Crippen molar-refractivity contribution in [3.05, 3.63) is 157 Å². The van der Waals surface area contributed by atoms with Gasteiger partial charge < -0.3 is 13.7 Å². The maximum absolute atomic E-state index is 6.45. The van der Waals surface area contributed by atoms with Gasteiger partial charge in [0, 0.05) is 44.2 Å². The molecule has 0 radical (unpaired) electrons. The molecule has 9 aromatic rings. The Bertz CT molecular complexity index is 2700. The molecule has 10 rings (SSSR count). The number of rotatable bonds is 4. The molecule has 0 saturated heterocycles. The first-order valence-corrected chi connectivity index (χ1v) is 16.4. The molecule has 0 bridgehead atoms. The fourth-order valence-corrected chi connectivity index (χ4v) is 7.83. The molecule has 7 aromatic carbocycles. The molecular weight excluding hydrogens is 588 g/mol. The molecule has 1 aliphatic rings. The Hall–Kier alpha value is -6.13. The number of hydrogen-bond acceptors (Lipinski definition) is 4. The second-order valence-electron chi connectivity index (χ2n) is 13.2. The van der Waals surface area contributed by atoms with Crippen LogP contribution in [-0.4, -0.2) is 4.98 Å². The van der Waals surface area contributed by atoms with E-state index >= 15 is 0 Å². The lowest BCUT2D eigenvalue weighted by Gasteiger charge is -2.28. The summed E-state index contributed by atoms with van der Waals surface area (Å²) in [6.07, 6.45) is 0. The van der Waals surface area contributed by atoms with E-state index in [0.29, 0.717) is 5.89 Å². The van der Waals surface area contributed by atoms with E-state index < -0.39 is 0 Å². The van der Waals surface area contributed by atoms with Crippen molar-refractivity contribution in [2.24, 2.45) is 0 Å². The normalized spacial score (nSPS) is 13.4. The van der Waals surface area contributed by atoms with Gasteiger partial charge in [-0.25, -0.2) is 4.98 Å². The van der Waals surface area contributed by atoms with Crippen LogP contribution in [0, 0.1) is 0 Å². The lowest BCUT2D eigenvalue weighted by Crippen LogP contribution is -2.17. The molecule has 0 aliphatic heterocycles. The summed E-state index contributed by atoms with van der Waals surface area (Å²) in [5, 5.41) is 4.53. The summed E-state index contributed by atoms with van der Waals surface area (Å²) in [5.41, 5.74) is 12.7. The molecule has 0 fully saturated rings. The van der Waals surface area contributed by atoms with Gasteiger partial charge in [-0.3, -0.25) is 0 Å². The Labute approximate surface area is 277 Å². The van der Waals surface area contributed by atoms with E-state index in [1.54, 1.807) is 0 Å². The number of nitrogens with zero attached hydrogens (tertiary/aromatic N) is 2. The SMILES string of the molecule is CC1(C)c2cc(N(c3ccccc3)c3ccc4oc5ccccc5c4c3)ccc2-c2ccc3c(ccc4nc(-c5ccccc5)oc43)c21. The van der Waals surface area contributed by atoms with Gasteiger partial charge in [0.15, 0.2) is 5.58 Å². The molecule has 0 N–H and O–H groups in total. The van der Waals surface area contributed by atoms with Crippen molar-refractivity contribution in [3.8, 4) is 22.6 Å². The Morgan fingerprint density at radius 3 is 2.06 bits per heavy atom. The zero-order valence-corrected chi connectivity index (χ0v) is 26.6. The summed E-state index contributed by atoms with van der Waals surface area (Å²) in [6, 6.07) is 51.2. The van der Waals surface area contributed by atoms with Gasteiger partial charge in [0.25, 0.3) is 0 Å². The minimum absolute atomic E-state index is 0.247. The van der Waals surface area contributed by atoms with E-state index in [4.69, 9.17) is 13.8 Å². The first-order chi connectivity index (χ1) is 23.5. The first-order valence-electron chi connectivity index (χ1n) is 16.4. The number of para-hydroxylation sites is 2. The van der Waals surface area contributed by atoms with Crippen molar-refractivity contribution in [1.82, 2.24) is 4.98 Å². The smallest absolute Gasteiger partial charge is 0.227 e. The number of furan rings is 1. The second-order valence-corrected chi connectivity index (χ2v) is 13.2. The van der Waals surface area contributed by atoms with Crippen LogP contribution in [0.15, 0.2) is 154 Å². The Kier molecular flexibility index (Phi) is 5.59. The predicted molar refractivity (Wildman–Crippen MR) is 196 cm³/mol. The maximum Gasteiger partial charge on any atom is 0.227 e. The molecule has 228 valence electrons. The van der Waals surface area contributed by atoms with E-state index in [0.717, 1.165) is 61.1 Å². The Morgan fingerprint density at radius 2 is 1.21 bits per heavy atom. The van der Waals surface area contributed by atoms with E-state index in [-0.39, 0.29) is 5.41 Å². The van der Waals surface area contributed by atoms with Crippen molar-refractivity contribution in [2.45, 2.75) is 19.3 Å². The van der Waals surface area contributed by atoms with Crippen LogP contribution < -0.4 is 4.90 Å². The van der Waals surface area contributed by atoms with Crippen molar-refractivity contribution >= 4 is 60.9 Å². The minimum Gasteiger partial charge on any atom is -0.456 e. The number of fused-ring (bicyclic) bond motifs is 10. The highest BCUT2D eigenvalue weighted by Gasteiger charge is 2.38. The standard InChI is InChI=1S/C44H30N2O2/c1-44(2)37-26-30(46(28-13-7-4-8-14-28)29-18-24-40-36(25-29)32-15-9-10-16-39(32)47-40)17-19-31(37)33-20-21-35-34(41(33)44)22-23-38-42(35)48-43(45-38)27-11-5-3-6-12-27/h3-26H,1-2H3. The fourth-order valence-electron chi connectivity index (χ4n) is 7.83. The number of aromatic nitrogens is 1. The lowest BCUT2D eigenvalue weighted by atomic mass is 9.80. The molecule has 0 atom stereocenters. The zero-order chi connectivity index (χ0) is 32.0. The van der Waals surface area contributed by atoms with E-state index in [2.05, 4.69) is 122 Å². The van der Waals surface area contributed by atoms with E-state index in [1.165, 1.54) is 27.6 Å². The molecular formula is C44H30N2O2. The highest BCUT2D eigenvalue weighted by atomic mass is 16.3. The quantitative estimate of drug-likeness (QED) is 0.197. The van der Waals surface area contributed by atoms with E-state index in [1.807, 2.05) is 42.5 Å². The van der Waals surface area contributed by atoms with E-state index in [9.17, 15) is 0 Å². The summed E-state index contributed by atoms with van der Waals surface area (Å²) in [7, 11) is 0. The zero-order valence-electron chi connectivity index (χ0n) is 26.6. The maximum atomic E-state index is 6.45. The average Bonchev–Trinajstić information content (AvgIpc) is 3.80. The highest BCUT2D eigenvalue weighted by molar-refractivity contribution is 6.09. The van der Waals surface area contributed by atoms with Crippen LogP contribution in [-0.2, 0) is 5.41 Å². The summed E-state index contributed by atoms with van der Waals surface area (Å²) >= 11 is 0. The first kappa shape index (κ1) is 27.0. The van der Waals surface area contributed by atoms with Gasteiger partial charge in [0.2, 0.25) is 5.89 Å². The summed E-state index contributed by atoms with van der Waals surface area (Å²) in [6.45, 7) is 4.69. The van der Waals surface area contributed by atoms with Gasteiger partial charge >= 0.3 is 0 Å². The van der Waals surface area contributed by atoms with Crippen LogP contribution in [0.2, 0.25) is 0 Å². The van der Waals surface area contributed by atoms with Crippen molar-refractivity contribution < 1.29 is 8.83 Å². The van der Waals surface area contributed by atoms with Gasteiger partial charge in [0.05, 0.1) is 0 Å². The average molecular weight is 619 g/mol. The van der Waals surface area contributed by atoms with Crippen LogP contribution in [0.1, 0.15) is 25.0 Å². The molecule has 2 heterocycles. The molecule has 2 aromatic heterocycles. The molecule has 0 spiro atoms. The second kappa shape index (κ2) is 9.93. The lowest BCUT2D eigenvalue weighted by molar-refractivity contribution is 0.623. The van der Waals surface area contributed by atoms with Crippen LogP contribution in [0.4, 0.5) is 17.1 Å². The third kappa shape index (κ3) is 3.86. The number of oxazole rings is 1. The van der Waals surface area contributed by atoms with Gasteiger partial charge in [0.1, 0.15) is 16.7 Å². The van der Waals surface area contributed by atoms with Crippen molar-refractivity contribution in [1.29, 1.82) is 0 Å². The van der Waals surface area contributed by atoms with Crippen LogP contribution in [0.5, 0.6) is 0 Å². The monoisotopic (exact) mass is 618 g/mol. The Morgan fingerprint density at radius 1 is 0.521 bits per heavy atom. The van der Waals surface area contributed by atoms with Crippen LogP contribution >= 0.6 is 0 Å². The molecule has 0 saturated carbocycles. The molecule has 0 unspecified atom stereocenters. The number of hydrogen-bond donors (Lipinski definition) is 0. The summed E-state index contributed by atoms with van der Waals surface area (Å²) < 4.78 is 12.6. The minimum atomic E-state index is -0.247. The number of benzene rings is 7. The molecule has 1 aliphatic carbocycles. The largest absolute Gasteiger partial charge is 0.456 e. The van der Waals surface area contributed by atoms with Crippen LogP contribution in [0.3, 0.4) is 0 Å². The molecule has 0 amide bonds. The van der Waals surface area contributed by atoms with Gasteiger partial charge in [-0.05, 0) is 100 Å². The van der Waals surface area contributed by atoms with Gasteiger partial charge in [-0.15, -0.1) is 0 Å². The predicted octanol–water partition coefficient (Wildman–Crippen LogP) is 12.3. The van der Waals surface area contributed by atoms with Crippen LogP contribution in [0.25, 0.3) is 66.4 Å². The van der Waals surface area contributed by atoms with Crippen molar-refractivity contribution in [2.75, 3.05) is 4.90 Å².